The Kier molecular flexibility index (Phi) is 3.44. The van der Waals surface area contributed by atoms with Crippen LogP contribution in [0.1, 0.15) is 35.2 Å². The Bertz CT molecular complexity index is 552. The molecule has 0 radical (unpaired) electrons. The number of fused-ring (bicyclic) bond motifs is 1. The van der Waals surface area contributed by atoms with Crippen LogP contribution >= 0.6 is 0 Å². The van der Waals surface area contributed by atoms with Crippen molar-refractivity contribution in [1.29, 1.82) is 0 Å². The van der Waals surface area contributed by atoms with E-state index in [2.05, 4.69) is 5.32 Å². The van der Waals surface area contributed by atoms with Crippen LogP contribution in [0, 0.1) is 0 Å². The quantitative estimate of drug-likeness (QED) is 0.866. The molecule has 1 aromatic carbocycles. The number of aryl methyl sites for hydroxylation is 1. The van der Waals surface area contributed by atoms with Crippen molar-refractivity contribution in [3.63, 3.8) is 0 Å². The molecule has 0 atom stereocenters. The molecule has 2 N–H and O–H groups in total. The number of nitrogens with zero attached hydrogens (tertiary/aromatic N) is 1. The van der Waals surface area contributed by atoms with E-state index >= 15 is 0 Å². The first-order chi connectivity index (χ1) is 9.69. The molecule has 1 aliphatic carbocycles. The van der Waals surface area contributed by atoms with Crippen LogP contribution in [0.3, 0.4) is 0 Å². The van der Waals surface area contributed by atoms with Gasteiger partial charge in [-0.1, -0.05) is 0 Å². The minimum atomic E-state index is -0.0266. The van der Waals surface area contributed by atoms with Gasteiger partial charge in [0.2, 0.25) is 5.91 Å². The zero-order chi connectivity index (χ0) is 14.1. The number of amides is 2. The molecule has 20 heavy (non-hydrogen) atoms. The van der Waals surface area contributed by atoms with Gasteiger partial charge in [-0.05, 0) is 43.0 Å². The summed E-state index contributed by atoms with van der Waals surface area (Å²) >= 11 is 0. The number of anilines is 1. The van der Waals surface area contributed by atoms with Gasteiger partial charge in [-0.3, -0.25) is 9.59 Å². The molecular formula is C15H18N2O3. The third-order valence-electron chi connectivity index (χ3n) is 3.84. The van der Waals surface area contributed by atoms with E-state index in [4.69, 9.17) is 5.11 Å². The highest BCUT2D eigenvalue weighted by molar-refractivity contribution is 5.98. The highest BCUT2D eigenvalue weighted by Crippen LogP contribution is 2.29. The van der Waals surface area contributed by atoms with Crippen molar-refractivity contribution >= 4 is 17.5 Å². The van der Waals surface area contributed by atoms with Crippen LogP contribution < -0.4 is 5.32 Å². The summed E-state index contributed by atoms with van der Waals surface area (Å²) in [5.74, 6) is -0.00212. The van der Waals surface area contributed by atoms with Crippen LogP contribution in [-0.2, 0) is 11.2 Å². The molecule has 0 aromatic heterocycles. The summed E-state index contributed by atoms with van der Waals surface area (Å²) in [5, 5.41) is 11.9. The Morgan fingerprint density at radius 2 is 2.15 bits per heavy atom. The van der Waals surface area contributed by atoms with E-state index < -0.39 is 0 Å². The number of carbonyl (C=O) groups is 2. The van der Waals surface area contributed by atoms with Gasteiger partial charge in [0.1, 0.15) is 0 Å². The summed E-state index contributed by atoms with van der Waals surface area (Å²) in [7, 11) is 0. The van der Waals surface area contributed by atoms with Gasteiger partial charge in [0.15, 0.2) is 0 Å². The lowest BCUT2D eigenvalue weighted by Gasteiger charge is -2.23. The normalized spacial score (nSPS) is 17.4. The van der Waals surface area contributed by atoms with E-state index in [1.54, 1.807) is 17.0 Å². The van der Waals surface area contributed by atoms with E-state index in [1.807, 2.05) is 6.07 Å². The van der Waals surface area contributed by atoms with Gasteiger partial charge in [-0.25, -0.2) is 0 Å². The van der Waals surface area contributed by atoms with Gasteiger partial charge in [0.05, 0.1) is 6.61 Å². The van der Waals surface area contributed by atoms with Crippen LogP contribution in [0.2, 0.25) is 0 Å². The van der Waals surface area contributed by atoms with Gasteiger partial charge in [0.25, 0.3) is 5.91 Å². The summed E-state index contributed by atoms with van der Waals surface area (Å²) in [6.07, 6.45) is 3.18. The van der Waals surface area contributed by atoms with Crippen molar-refractivity contribution in [1.82, 2.24) is 4.90 Å². The molecule has 2 amide bonds. The maximum absolute atomic E-state index is 12.5. The van der Waals surface area contributed by atoms with Crippen LogP contribution in [0.15, 0.2) is 18.2 Å². The van der Waals surface area contributed by atoms with Crippen molar-refractivity contribution in [3.8, 4) is 0 Å². The predicted molar refractivity (Wildman–Crippen MR) is 74.5 cm³/mol. The number of nitrogens with one attached hydrogen (secondary N) is 1. The molecule has 5 nitrogen and oxygen atoms in total. The Labute approximate surface area is 117 Å². The molecule has 0 bridgehead atoms. The predicted octanol–water partition coefficient (Wildman–Crippen LogP) is 1.17. The largest absolute Gasteiger partial charge is 0.395 e. The van der Waals surface area contributed by atoms with E-state index in [1.165, 1.54) is 0 Å². The van der Waals surface area contributed by atoms with Gasteiger partial charge in [0, 0.05) is 30.3 Å². The van der Waals surface area contributed by atoms with Crippen molar-refractivity contribution in [3.05, 3.63) is 29.3 Å². The summed E-state index contributed by atoms with van der Waals surface area (Å²) in [6, 6.07) is 5.69. The minimum absolute atomic E-state index is 0.0107. The monoisotopic (exact) mass is 274 g/mol. The minimum Gasteiger partial charge on any atom is -0.395 e. The van der Waals surface area contributed by atoms with Crippen molar-refractivity contribution < 1.29 is 14.7 Å². The number of benzene rings is 1. The lowest BCUT2D eigenvalue weighted by Crippen LogP contribution is -2.35. The summed E-state index contributed by atoms with van der Waals surface area (Å²) in [4.78, 5) is 25.6. The van der Waals surface area contributed by atoms with E-state index in [0.29, 0.717) is 24.9 Å². The zero-order valence-electron chi connectivity index (χ0n) is 11.3. The van der Waals surface area contributed by atoms with E-state index in [0.717, 1.165) is 24.1 Å². The smallest absolute Gasteiger partial charge is 0.254 e. The van der Waals surface area contributed by atoms with Crippen molar-refractivity contribution in [2.45, 2.75) is 31.7 Å². The molecule has 0 unspecified atom stereocenters. The first-order valence-electron chi connectivity index (χ1n) is 7.03. The van der Waals surface area contributed by atoms with Crippen LogP contribution in [0.4, 0.5) is 5.69 Å². The Morgan fingerprint density at radius 1 is 1.35 bits per heavy atom. The molecule has 0 spiro atoms. The second-order valence-corrected chi connectivity index (χ2v) is 5.37. The number of aliphatic hydroxyl groups excluding tert-OH is 1. The molecule has 2 aliphatic rings. The summed E-state index contributed by atoms with van der Waals surface area (Å²) in [5.41, 5.74) is 2.45. The number of aliphatic hydroxyl groups is 1. The SMILES string of the molecule is O=C1CCc2cc(C(=O)N(CCO)C3CC3)ccc2N1. The number of hydrogen-bond acceptors (Lipinski definition) is 3. The number of carbonyl (C=O) groups excluding carboxylic acids is 2. The van der Waals surface area contributed by atoms with Gasteiger partial charge in [-0.2, -0.15) is 0 Å². The molecule has 5 heteroatoms. The van der Waals surface area contributed by atoms with E-state index in [9.17, 15) is 9.59 Å². The van der Waals surface area contributed by atoms with Crippen molar-refractivity contribution in [2.24, 2.45) is 0 Å². The van der Waals surface area contributed by atoms with Gasteiger partial charge < -0.3 is 15.3 Å². The first-order valence-corrected chi connectivity index (χ1v) is 7.03. The Balaban J connectivity index is 1.82. The third kappa shape index (κ3) is 2.54. The van der Waals surface area contributed by atoms with Gasteiger partial charge >= 0.3 is 0 Å². The standard InChI is InChI=1S/C15H18N2O3/c18-8-7-17(12-3-4-12)15(20)11-1-5-13-10(9-11)2-6-14(19)16-13/h1,5,9,12,18H,2-4,6-8H2,(H,16,19). The molecule has 1 saturated carbocycles. The zero-order valence-corrected chi connectivity index (χ0v) is 11.3. The molecule has 1 aliphatic heterocycles. The average molecular weight is 274 g/mol. The topological polar surface area (TPSA) is 69.6 Å². The lowest BCUT2D eigenvalue weighted by atomic mass is 10.00. The van der Waals surface area contributed by atoms with Crippen molar-refractivity contribution in [2.75, 3.05) is 18.5 Å². The highest BCUT2D eigenvalue weighted by Gasteiger charge is 2.32. The maximum Gasteiger partial charge on any atom is 0.254 e. The fourth-order valence-electron chi connectivity index (χ4n) is 2.63. The fourth-order valence-corrected chi connectivity index (χ4v) is 2.63. The Hall–Kier alpha value is -1.88. The lowest BCUT2D eigenvalue weighted by molar-refractivity contribution is -0.116. The number of rotatable bonds is 4. The molecular weight excluding hydrogens is 256 g/mol. The molecule has 1 aromatic rings. The molecule has 1 fully saturated rings. The molecule has 1 heterocycles. The van der Waals surface area contributed by atoms with E-state index in [-0.39, 0.29) is 24.5 Å². The first kappa shape index (κ1) is 13.1. The fraction of sp³-hybridized carbons (Fsp3) is 0.467. The summed E-state index contributed by atoms with van der Waals surface area (Å²) in [6.45, 7) is 0.376. The van der Waals surface area contributed by atoms with Gasteiger partial charge in [-0.15, -0.1) is 0 Å². The third-order valence-corrected chi connectivity index (χ3v) is 3.84. The Morgan fingerprint density at radius 3 is 2.85 bits per heavy atom. The van der Waals surface area contributed by atoms with Crippen LogP contribution in [-0.4, -0.2) is 41.0 Å². The summed E-state index contributed by atoms with van der Waals surface area (Å²) < 4.78 is 0. The second-order valence-electron chi connectivity index (χ2n) is 5.37. The molecule has 106 valence electrons. The average Bonchev–Trinajstić information content (AvgIpc) is 3.28. The molecule has 0 saturated heterocycles. The molecule has 3 rings (SSSR count). The van der Waals surface area contributed by atoms with Crippen LogP contribution in [0.25, 0.3) is 0 Å². The second kappa shape index (κ2) is 5.25. The maximum atomic E-state index is 12.5. The highest BCUT2D eigenvalue weighted by atomic mass is 16.3. The number of hydrogen-bond donors (Lipinski definition) is 2. The van der Waals surface area contributed by atoms with Crippen LogP contribution in [0.5, 0.6) is 0 Å².